The van der Waals surface area contributed by atoms with Crippen LogP contribution in [0.2, 0.25) is 0 Å². The van der Waals surface area contributed by atoms with Gasteiger partial charge in [-0.05, 0) is 13.0 Å². The second-order valence-electron chi connectivity index (χ2n) is 2.42. The molecule has 0 aromatic rings. The largest absolute Gasteiger partial charge is 0.478 e. The van der Waals surface area contributed by atoms with Gasteiger partial charge in [0.15, 0.2) is 0 Å². The number of halogens is 3. The molecular formula is C7H10Cl3NO5. The van der Waals surface area contributed by atoms with Gasteiger partial charge in [-0.3, -0.25) is 4.79 Å². The summed E-state index contributed by atoms with van der Waals surface area (Å²) in [6.45, 7) is 0.360. The Balaban J connectivity index is 0. The highest BCUT2D eigenvalue weighted by Gasteiger charge is 2.29. The van der Waals surface area contributed by atoms with Crippen molar-refractivity contribution in [1.29, 1.82) is 0 Å². The Bertz CT molecular complexity index is 263. The van der Waals surface area contributed by atoms with Crippen LogP contribution in [0.3, 0.4) is 0 Å². The highest BCUT2D eigenvalue weighted by atomic mass is 35.6. The van der Waals surface area contributed by atoms with Crippen molar-refractivity contribution in [3.05, 3.63) is 0 Å². The molecule has 94 valence electrons. The van der Waals surface area contributed by atoms with Crippen LogP contribution in [0.1, 0.15) is 12.8 Å². The number of carboxylic acids is 2. The van der Waals surface area contributed by atoms with E-state index in [2.05, 4.69) is 0 Å². The van der Waals surface area contributed by atoms with Crippen LogP contribution < -0.4 is 5.73 Å². The molecule has 0 amide bonds. The molecule has 0 saturated carbocycles. The summed E-state index contributed by atoms with van der Waals surface area (Å²) in [6, 6.07) is 0. The number of Topliss-reactive ketones (excluding diaryl/α,β-unsaturated/α-hetero) is 1. The normalized spacial score (nSPS) is 10.0. The lowest BCUT2D eigenvalue weighted by Gasteiger charge is -1.99. The fourth-order valence-corrected chi connectivity index (χ4v) is 0.370. The fraction of sp³-hybridized carbons (Fsp3) is 0.571. The second-order valence-corrected chi connectivity index (χ2v) is 4.70. The molecule has 4 N–H and O–H groups in total. The molecule has 0 aliphatic rings. The van der Waals surface area contributed by atoms with Crippen molar-refractivity contribution in [2.24, 2.45) is 5.73 Å². The topological polar surface area (TPSA) is 118 Å². The maximum atomic E-state index is 10.2. The van der Waals surface area contributed by atoms with E-state index in [1.165, 1.54) is 0 Å². The van der Waals surface area contributed by atoms with Crippen LogP contribution >= 0.6 is 34.8 Å². The molecule has 0 saturated heterocycles. The van der Waals surface area contributed by atoms with Gasteiger partial charge in [0.05, 0.1) is 0 Å². The Morgan fingerprint density at radius 3 is 1.69 bits per heavy atom. The molecule has 6 nitrogen and oxygen atoms in total. The van der Waals surface area contributed by atoms with Crippen molar-refractivity contribution in [3.63, 3.8) is 0 Å². The van der Waals surface area contributed by atoms with E-state index in [9.17, 15) is 14.4 Å². The number of aliphatic carboxylic acids is 2. The number of alkyl halides is 3. The zero-order chi connectivity index (χ0) is 13.4. The summed E-state index contributed by atoms with van der Waals surface area (Å²) >= 11 is 14.4. The molecule has 0 rings (SSSR count). The van der Waals surface area contributed by atoms with Gasteiger partial charge in [-0.2, -0.15) is 0 Å². The van der Waals surface area contributed by atoms with Crippen LogP contribution in [-0.4, -0.2) is 38.3 Å². The van der Waals surface area contributed by atoms with E-state index in [0.717, 1.165) is 0 Å². The van der Waals surface area contributed by atoms with E-state index < -0.39 is 21.5 Å². The van der Waals surface area contributed by atoms with Crippen LogP contribution in [0, 0.1) is 0 Å². The maximum absolute atomic E-state index is 10.2. The number of carboxylic acid groups (broad SMARTS) is 2. The number of nitrogens with two attached hydrogens (primary N) is 1. The number of rotatable bonds is 4. The lowest BCUT2D eigenvalue weighted by molar-refractivity contribution is -0.149. The summed E-state index contributed by atoms with van der Waals surface area (Å²) in [6.07, 6.45) is 0.497. The van der Waals surface area contributed by atoms with Crippen molar-refractivity contribution in [3.8, 4) is 0 Å². The minimum atomic E-state index is -2.17. The van der Waals surface area contributed by atoms with Gasteiger partial charge in [-0.1, -0.05) is 34.8 Å². The van der Waals surface area contributed by atoms with Gasteiger partial charge in [0, 0.05) is 6.42 Å². The summed E-state index contributed by atoms with van der Waals surface area (Å²) in [4.78, 5) is 29.7. The number of ketones is 1. The van der Waals surface area contributed by atoms with Crippen molar-refractivity contribution >= 4 is 52.5 Å². The third-order valence-electron chi connectivity index (χ3n) is 1.09. The smallest absolute Gasteiger partial charge is 0.372 e. The van der Waals surface area contributed by atoms with E-state index in [1.807, 2.05) is 0 Å². The lowest BCUT2D eigenvalue weighted by atomic mass is 10.2. The van der Waals surface area contributed by atoms with Crippen LogP contribution in [0.5, 0.6) is 0 Å². The highest BCUT2D eigenvalue weighted by molar-refractivity contribution is 6.75. The molecule has 0 aromatic carbocycles. The van der Waals surface area contributed by atoms with Crippen molar-refractivity contribution in [2.45, 2.75) is 16.6 Å². The van der Waals surface area contributed by atoms with Crippen molar-refractivity contribution < 1.29 is 24.6 Å². The SMILES string of the molecule is NCCCC(=O)C(=O)O.O=C(O)C(Cl)(Cl)Cl. The Morgan fingerprint density at radius 1 is 1.12 bits per heavy atom. The highest BCUT2D eigenvalue weighted by Crippen LogP contribution is 2.25. The summed E-state index contributed by atoms with van der Waals surface area (Å²) < 4.78 is -2.17. The fourth-order valence-electron chi connectivity index (χ4n) is 0.370. The summed E-state index contributed by atoms with van der Waals surface area (Å²) in [5, 5.41) is 15.9. The zero-order valence-electron chi connectivity index (χ0n) is 7.95. The maximum Gasteiger partial charge on any atom is 0.372 e. The molecule has 0 atom stereocenters. The van der Waals surface area contributed by atoms with Gasteiger partial charge < -0.3 is 15.9 Å². The number of carbonyl (C=O) groups excluding carboxylic acids is 1. The average molecular weight is 295 g/mol. The molecule has 9 heteroatoms. The second kappa shape index (κ2) is 8.58. The van der Waals surface area contributed by atoms with Crippen LogP contribution in [0.25, 0.3) is 0 Å². The van der Waals surface area contributed by atoms with Gasteiger partial charge in [0.1, 0.15) is 0 Å². The predicted molar refractivity (Wildman–Crippen MR) is 58.9 cm³/mol. The van der Waals surface area contributed by atoms with E-state index in [1.54, 1.807) is 0 Å². The third kappa shape index (κ3) is 11.5. The molecule has 0 bridgehead atoms. The van der Waals surface area contributed by atoms with Crippen LogP contribution in [-0.2, 0) is 14.4 Å². The van der Waals surface area contributed by atoms with Gasteiger partial charge in [0.2, 0.25) is 5.78 Å². The molecule has 0 radical (unpaired) electrons. The van der Waals surface area contributed by atoms with Gasteiger partial charge in [-0.15, -0.1) is 0 Å². The molecule has 0 aliphatic heterocycles. The first-order valence-electron chi connectivity index (χ1n) is 3.89. The molecular weight excluding hydrogens is 284 g/mol. The first kappa shape index (κ1) is 17.8. The standard InChI is InChI=1S/C5H9NO3.C2HCl3O2/c6-3-1-2-4(7)5(8)9;3-2(4,5)1(6)7/h1-3,6H2,(H,8,9);(H,6,7). The summed E-state index contributed by atoms with van der Waals surface area (Å²) in [7, 11) is 0. The molecule has 16 heavy (non-hydrogen) atoms. The first-order valence-corrected chi connectivity index (χ1v) is 5.02. The van der Waals surface area contributed by atoms with E-state index in [0.29, 0.717) is 13.0 Å². The van der Waals surface area contributed by atoms with Gasteiger partial charge in [-0.25, -0.2) is 9.59 Å². The third-order valence-corrected chi connectivity index (χ3v) is 1.57. The average Bonchev–Trinajstić information content (AvgIpc) is 2.13. The summed E-state index contributed by atoms with van der Waals surface area (Å²) in [5.74, 6) is -3.60. The molecule has 0 heterocycles. The predicted octanol–water partition coefficient (Wildman–Crippen LogP) is 0.820. The van der Waals surface area contributed by atoms with Crippen molar-refractivity contribution in [2.75, 3.05) is 6.54 Å². The molecule has 0 unspecified atom stereocenters. The minimum absolute atomic E-state index is 0.0475. The zero-order valence-corrected chi connectivity index (χ0v) is 10.2. The quantitative estimate of drug-likeness (QED) is 0.522. The lowest BCUT2D eigenvalue weighted by Crippen LogP contribution is -2.16. The van der Waals surface area contributed by atoms with Crippen LogP contribution in [0.15, 0.2) is 0 Å². The molecule has 0 aliphatic carbocycles. The van der Waals surface area contributed by atoms with E-state index in [-0.39, 0.29) is 6.42 Å². The minimum Gasteiger partial charge on any atom is -0.478 e. The Hall–Kier alpha value is -0.560. The molecule has 0 spiro atoms. The van der Waals surface area contributed by atoms with Gasteiger partial charge >= 0.3 is 11.9 Å². The van der Waals surface area contributed by atoms with E-state index >= 15 is 0 Å². The van der Waals surface area contributed by atoms with Crippen LogP contribution in [0.4, 0.5) is 0 Å². The molecule has 0 fully saturated rings. The summed E-state index contributed by atoms with van der Waals surface area (Å²) in [5.41, 5.74) is 5.03. The molecule has 0 aromatic heterocycles. The van der Waals surface area contributed by atoms with E-state index in [4.69, 9.17) is 50.7 Å². The Labute approximate surface area is 106 Å². The number of hydrogen-bond donors (Lipinski definition) is 3. The monoisotopic (exact) mass is 293 g/mol. The van der Waals surface area contributed by atoms with Gasteiger partial charge in [0.25, 0.3) is 3.79 Å². The van der Waals surface area contributed by atoms with Crippen molar-refractivity contribution in [1.82, 2.24) is 0 Å². The number of carbonyl (C=O) groups is 3. The Kier molecular flexibility index (Phi) is 9.55. The number of hydrogen-bond acceptors (Lipinski definition) is 4. The Morgan fingerprint density at radius 2 is 1.50 bits per heavy atom. The first-order chi connectivity index (χ1) is 7.12.